The number of aromatic nitrogens is 2. The van der Waals surface area contributed by atoms with Crippen LogP contribution in [0.25, 0.3) is 10.2 Å². The highest BCUT2D eigenvalue weighted by Gasteiger charge is 2.23. The van der Waals surface area contributed by atoms with Gasteiger partial charge in [0.25, 0.3) is 5.56 Å². The number of nitrogens with one attached hydrogen (secondary N) is 1. The number of hydrogen-bond donors (Lipinski definition) is 1. The quantitative estimate of drug-likeness (QED) is 0.587. The van der Waals surface area contributed by atoms with Crippen LogP contribution in [-0.2, 0) is 30.7 Å². The Bertz CT molecular complexity index is 1220. The second-order valence-electron chi connectivity index (χ2n) is 8.01. The van der Waals surface area contributed by atoms with Crippen LogP contribution >= 0.6 is 11.3 Å². The molecule has 1 amide bonds. The van der Waals surface area contributed by atoms with Crippen LogP contribution in [0.2, 0.25) is 0 Å². The van der Waals surface area contributed by atoms with Gasteiger partial charge in [0.15, 0.2) is 11.5 Å². The van der Waals surface area contributed by atoms with Crippen LogP contribution in [0.5, 0.6) is 17.2 Å². The Balaban J connectivity index is 1.52. The van der Waals surface area contributed by atoms with Crippen molar-refractivity contribution in [3.8, 4) is 17.2 Å². The van der Waals surface area contributed by atoms with Crippen LogP contribution in [0.15, 0.2) is 23.3 Å². The Kier molecular flexibility index (Phi) is 6.36. The summed E-state index contributed by atoms with van der Waals surface area (Å²) in [6, 6.07) is 3.47. The van der Waals surface area contributed by atoms with Crippen molar-refractivity contribution in [3.05, 3.63) is 44.8 Å². The number of amides is 1. The average molecular weight is 458 g/mol. The van der Waals surface area contributed by atoms with Crippen LogP contribution in [0, 0.1) is 5.92 Å². The minimum atomic E-state index is -0.289. The molecule has 1 unspecified atom stereocenters. The Hall–Kier alpha value is -3.07. The minimum absolute atomic E-state index is 0.0988. The van der Waals surface area contributed by atoms with Gasteiger partial charge in [-0.1, -0.05) is 6.92 Å². The molecular weight excluding hydrogens is 430 g/mol. The summed E-state index contributed by atoms with van der Waals surface area (Å²) in [4.78, 5) is 32.2. The molecule has 4 rings (SSSR count). The van der Waals surface area contributed by atoms with Crippen LogP contribution in [-0.4, -0.2) is 36.8 Å². The molecule has 0 spiro atoms. The molecule has 3 aromatic rings. The smallest absolute Gasteiger partial charge is 0.262 e. The molecular formula is C23H27N3O5S. The van der Waals surface area contributed by atoms with Crippen molar-refractivity contribution >= 4 is 27.5 Å². The van der Waals surface area contributed by atoms with Gasteiger partial charge in [0, 0.05) is 23.1 Å². The first-order chi connectivity index (χ1) is 15.4. The number of benzene rings is 1. The van der Waals surface area contributed by atoms with Crippen LogP contribution in [0.1, 0.15) is 29.3 Å². The van der Waals surface area contributed by atoms with E-state index < -0.39 is 0 Å². The second kappa shape index (κ2) is 9.20. The van der Waals surface area contributed by atoms with Crippen molar-refractivity contribution < 1.29 is 19.0 Å². The highest BCUT2D eigenvalue weighted by atomic mass is 32.1. The van der Waals surface area contributed by atoms with Crippen molar-refractivity contribution in [3.63, 3.8) is 0 Å². The third kappa shape index (κ3) is 4.17. The third-order valence-corrected chi connectivity index (χ3v) is 7.02. The van der Waals surface area contributed by atoms with Gasteiger partial charge in [-0.25, -0.2) is 4.98 Å². The monoisotopic (exact) mass is 457 g/mol. The largest absolute Gasteiger partial charge is 0.496 e. The molecule has 1 aliphatic rings. The lowest BCUT2D eigenvalue weighted by atomic mass is 9.89. The van der Waals surface area contributed by atoms with E-state index in [1.807, 2.05) is 0 Å². The number of aryl methyl sites for hydroxylation is 1. The molecule has 0 fully saturated rings. The minimum Gasteiger partial charge on any atom is -0.496 e. The number of nitrogens with zero attached hydrogens (tertiary/aromatic N) is 2. The number of methoxy groups -OCH3 is 3. The fourth-order valence-electron chi connectivity index (χ4n) is 4.11. The van der Waals surface area contributed by atoms with Gasteiger partial charge in [0.2, 0.25) is 5.91 Å². The van der Waals surface area contributed by atoms with E-state index in [4.69, 9.17) is 14.2 Å². The molecule has 1 aliphatic carbocycles. The number of carbonyl (C=O) groups excluding carboxylic acids is 1. The van der Waals surface area contributed by atoms with Crippen LogP contribution in [0.3, 0.4) is 0 Å². The lowest BCUT2D eigenvalue weighted by molar-refractivity contribution is -0.121. The molecule has 0 saturated heterocycles. The zero-order valence-corrected chi connectivity index (χ0v) is 19.5. The molecule has 0 aliphatic heterocycles. The first-order valence-electron chi connectivity index (χ1n) is 10.5. The van der Waals surface area contributed by atoms with Gasteiger partial charge in [-0.2, -0.15) is 0 Å². The van der Waals surface area contributed by atoms with Gasteiger partial charge in [0.1, 0.15) is 17.1 Å². The summed E-state index contributed by atoms with van der Waals surface area (Å²) < 4.78 is 17.4. The molecule has 8 nitrogen and oxygen atoms in total. The molecule has 1 atom stereocenters. The van der Waals surface area contributed by atoms with Gasteiger partial charge in [-0.3, -0.25) is 14.2 Å². The summed E-state index contributed by atoms with van der Waals surface area (Å²) in [5.41, 5.74) is 1.70. The Labute approximate surface area is 190 Å². The van der Waals surface area contributed by atoms with Crippen molar-refractivity contribution in [2.24, 2.45) is 5.92 Å². The lowest BCUT2D eigenvalue weighted by Gasteiger charge is -2.17. The van der Waals surface area contributed by atoms with Gasteiger partial charge in [-0.15, -0.1) is 11.3 Å². The van der Waals surface area contributed by atoms with E-state index in [0.29, 0.717) is 28.6 Å². The van der Waals surface area contributed by atoms with Crippen LogP contribution in [0.4, 0.5) is 0 Å². The summed E-state index contributed by atoms with van der Waals surface area (Å²) >= 11 is 1.60. The molecule has 32 heavy (non-hydrogen) atoms. The molecule has 2 aromatic heterocycles. The van der Waals surface area contributed by atoms with Gasteiger partial charge in [0.05, 0.1) is 33.0 Å². The Morgan fingerprint density at radius 3 is 2.62 bits per heavy atom. The van der Waals surface area contributed by atoms with Crippen molar-refractivity contribution in [2.45, 2.75) is 39.3 Å². The van der Waals surface area contributed by atoms with E-state index >= 15 is 0 Å². The summed E-state index contributed by atoms with van der Waals surface area (Å²) in [5, 5.41) is 3.52. The van der Waals surface area contributed by atoms with E-state index in [-0.39, 0.29) is 24.6 Å². The predicted molar refractivity (Wildman–Crippen MR) is 123 cm³/mol. The molecule has 9 heteroatoms. The van der Waals surface area contributed by atoms with E-state index in [2.05, 4.69) is 17.2 Å². The van der Waals surface area contributed by atoms with Crippen molar-refractivity contribution in [1.82, 2.24) is 14.9 Å². The summed E-state index contributed by atoms with van der Waals surface area (Å²) in [6.45, 7) is 2.35. The number of thiophene rings is 1. The number of fused-ring (bicyclic) bond motifs is 3. The molecule has 2 heterocycles. The van der Waals surface area contributed by atoms with E-state index in [9.17, 15) is 9.59 Å². The maximum absolute atomic E-state index is 13.1. The zero-order valence-electron chi connectivity index (χ0n) is 18.7. The normalized spacial score (nSPS) is 15.3. The lowest BCUT2D eigenvalue weighted by Crippen LogP contribution is -2.32. The van der Waals surface area contributed by atoms with E-state index in [1.165, 1.54) is 15.8 Å². The van der Waals surface area contributed by atoms with Gasteiger partial charge in [-0.05, 0) is 36.8 Å². The molecule has 170 valence electrons. The average Bonchev–Trinajstić information content (AvgIpc) is 3.17. The molecule has 1 N–H and O–H groups in total. The Morgan fingerprint density at radius 2 is 1.91 bits per heavy atom. The van der Waals surface area contributed by atoms with Gasteiger partial charge >= 0.3 is 0 Å². The maximum Gasteiger partial charge on any atom is 0.262 e. The number of ether oxygens (including phenoxy) is 3. The first kappa shape index (κ1) is 22.1. The SMILES string of the molecule is COc1cc(OC)c(OC)cc1CNC(=O)Cn1cnc2sc3c(c2c1=O)CCC(C)C3. The summed E-state index contributed by atoms with van der Waals surface area (Å²) in [6.07, 6.45) is 4.42. The summed E-state index contributed by atoms with van der Waals surface area (Å²) in [7, 11) is 4.65. The number of carbonyl (C=O) groups is 1. The zero-order chi connectivity index (χ0) is 22.8. The standard InChI is InChI=1S/C23H27N3O5S/c1-13-5-6-15-19(7-13)32-22-21(15)23(28)26(12-25-22)11-20(27)24-10-14-8-17(30-3)18(31-4)9-16(14)29-2/h8-9,12-13H,5-7,10-11H2,1-4H3,(H,24,27). The fraction of sp³-hybridized carbons (Fsp3) is 0.435. The Morgan fingerprint density at radius 1 is 1.19 bits per heavy atom. The molecule has 0 saturated carbocycles. The molecule has 1 aromatic carbocycles. The predicted octanol–water partition coefficient (Wildman–Crippen LogP) is 2.93. The topological polar surface area (TPSA) is 91.7 Å². The fourth-order valence-corrected chi connectivity index (χ4v) is 5.45. The van der Waals surface area contributed by atoms with Crippen molar-refractivity contribution in [1.29, 1.82) is 0 Å². The summed E-state index contributed by atoms with van der Waals surface area (Å²) in [5.74, 6) is 1.99. The van der Waals surface area contributed by atoms with Crippen molar-refractivity contribution in [2.75, 3.05) is 21.3 Å². The highest BCUT2D eigenvalue weighted by molar-refractivity contribution is 7.18. The molecule has 0 bridgehead atoms. The second-order valence-corrected chi connectivity index (χ2v) is 9.09. The first-order valence-corrected chi connectivity index (χ1v) is 11.3. The highest BCUT2D eigenvalue weighted by Crippen LogP contribution is 2.36. The molecule has 0 radical (unpaired) electrons. The van der Waals surface area contributed by atoms with E-state index in [1.54, 1.807) is 44.8 Å². The number of hydrogen-bond acceptors (Lipinski definition) is 7. The van der Waals surface area contributed by atoms with E-state index in [0.717, 1.165) is 35.2 Å². The number of rotatable bonds is 7. The van der Waals surface area contributed by atoms with Gasteiger partial charge < -0.3 is 19.5 Å². The maximum atomic E-state index is 13.1. The van der Waals surface area contributed by atoms with Crippen LogP contribution < -0.4 is 25.1 Å². The third-order valence-electron chi connectivity index (χ3n) is 5.86.